The minimum atomic E-state index is -1.00. The number of amides is 1. The minimum Gasteiger partial charge on any atom is -0.480 e. The lowest BCUT2D eigenvalue weighted by atomic mass is 9.97. The molecule has 3 N–H and O–H groups in total. The lowest BCUT2D eigenvalue weighted by Crippen LogP contribution is -2.43. The fourth-order valence-corrected chi connectivity index (χ4v) is 4.84. The highest BCUT2D eigenvalue weighted by atomic mass is 32.2. The molecule has 2 aliphatic rings. The second kappa shape index (κ2) is 9.10. The van der Waals surface area contributed by atoms with Crippen molar-refractivity contribution in [1.29, 1.82) is 0 Å². The highest BCUT2D eigenvalue weighted by Gasteiger charge is 2.37. The second-order valence-corrected chi connectivity index (χ2v) is 8.87. The number of benzene rings is 2. The summed E-state index contributed by atoms with van der Waals surface area (Å²) in [5, 5.41) is 15.7. The van der Waals surface area contributed by atoms with E-state index in [1.807, 2.05) is 48.7 Å². The molecule has 0 spiro atoms. The number of rotatable bonds is 8. The van der Waals surface area contributed by atoms with Crippen LogP contribution in [0.3, 0.4) is 0 Å². The van der Waals surface area contributed by atoms with Crippen LogP contribution in [-0.4, -0.2) is 60.2 Å². The summed E-state index contributed by atoms with van der Waals surface area (Å²) >= 11 is 1.57. The van der Waals surface area contributed by atoms with Gasteiger partial charge in [0.05, 0.1) is 0 Å². The van der Waals surface area contributed by atoms with Crippen LogP contribution >= 0.6 is 11.8 Å². The molecule has 2 heterocycles. The Balaban J connectivity index is 1.65. The first-order chi connectivity index (χ1) is 14.6. The lowest BCUT2D eigenvalue weighted by molar-refractivity contribution is -0.139. The van der Waals surface area contributed by atoms with Crippen molar-refractivity contribution in [3.05, 3.63) is 54.1 Å². The van der Waals surface area contributed by atoms with E-state index >= 15 is 0 Å². The molecule has 0 saturated carbocycles. The number of anilines is 1. The number of fused-ring (bicyclic) bond motifs is 2. The second-order valence-electron chi connectivity index (χ2n) is 7.89. The summed E-state index contributed by atoms with van der Waals surface area (Å²) < 4.78 is 0. The van der Waals surface area contributed by atoms with Crippen LogP contribution in [-0.2, 0) is 4.79 Å². The molecule has 7 heteroatoms. The molecule has 2 unspecified atom stereocenters. The van der Waals surface area contributed by atoms with Gasteiger partial charge in [0.25, 0.3) is 5.91 Å². The molecular weight excluding hydrogens is 398 g/mol. The van der Waals surface area contributed by atoms with Crippen molar-refractivity contribution >= 4 is 29.3 Å². The van der Waals surface area contributed by atoms with Crippen molar-refractivity contribution in [3.63, 3.8) is 0 Å². The normalized spacial score (nSPS) is 20.9. The van der Waals surface area contributed by atoms with Gasteiger partial charge in [0.1, 0.15) is 6.04 Å². The van der Waals surface area contributed by atoms with E-state index in [2.05, 4.69) is 21.6 Å². The van der Waals surface area contributed by atoms with E-state index in [9.17, 15) is 14.7 Å². The third-order valence-electron chi connectivity index (χ3n) is 5.93. The van der Waals surface area contributed by atoms with Crippen LogP contribution in [0.4, 0.5) is 5.69 Å². The van der Waals surface area contributed by atoms with Crippen LogP contribution in [0.2, 0.25) is 0 Å². The third-order valence-corrected chi connectivity index (χ3v) is 6.58. The predicted molar refractivity (Wildman–Crippen MR) is 121 cm³/mol. The Morgan fingerprint density at radius 1 is 1.27 bits per heavy atom. The quantitative estimate of drug-likeness (QED) is 0.603. The van der Waals surface area contributed by atoms with Gasteiger partial charge in [-0.05, 0) is 54.2 Å². The van der Waals surface area contributed by atoms with Crippen molar-refractivity contribution in [2.75, 3.05) is 30.0 Å². The van der Waals surface area contributed by atoms with Crippen LogP contribution in [0.5, 0.6) is 0 Å². The maximum atomic E-state index is 13.1. The van der Waals surface area contributed by atoms with Crippen molar-refractivity contribution in [1.82, 2.24) is 10.6 Å². The van der Waals surface area contributed by atoms with E-state index in [4.69, 9.17) is 0 Å². The molecule has 3 atom stereocenters. The predicted octanol–water partition coefficient (Wildman–Crippen LogP) is 2.84. The van der Waals surface area contributed by atoms with Crippen molar-refractivity contribution in [3.8, 4) is 11.1 Å². The SMILES string of the molecule is CSCC[C@H](NC(=O)c1ccc(N2CC3CC2CN3)cc1-c1ccccc1)C(=O)O. The lowest BCUT2D eigenvalue weighted by Gasteiger charge is -2.30. The van der Waals surface area contributed by atoms with Crippen LogP contribution < -0.4 is 15.5 Å². The molecule has 2 bridgehead atoms. The minimum absolute atomic E-state index is 0.349. The van der Waals surface area contributed by atoms with E-state index in [-0.39, 0.29) is 5.91 Å². The number of piperazine rings is 1. The number of aliphatic carboxylic acids is 1. The first-order valence-corrected chi connectivity index (χ1v) is 11.7. The molecule has 6 nitrogen and oxygen atoms in total. The average molecular weight is 426 g/mol. The Hall–Kier alpha value is -2.51. The van der Waals surface area contributed by atoms with Gasteiger partial charge in [-0.2, -0.15) is 11.8 Å². The van der Waals surface area contributed by atoms with Crippen LogP contribution in [0, 0.1) is 0 Å². The number of carbonyl (C=O) groups excluding carboxylic acids is 1. The molecule has 2 aromatic carbocycles. The zero-order chi connectivity index (χ0) is 21.1. The maximum absolute atomic E-state index is 13.1. The number of hydrogen-bond donors (Lipinski definition) is 3. The highest BCUT2D eigenvalue weighted by Crippen LogP contribution is 2.34. The third kappa shape index (κ3) is 4.32. The summed E-state index contributed by atoms with van der Waals surface area (Å²) in [4.78, 5) is 27.1. The molecule has 158 valence electrons. The molecule has 30 heavy (non-hydrogen) atoms. The standard InChI is InChI=1S/C23H27N3O3S/c1-30-10-9-21(23(28)29)25-22(27)19-8-7-17(26-14-16-11-18(26)13-24-16)12-20(19)15-5-3-2-4-6-15/h2-8,12,16,18,21,24H,9-11,13-14H2,1H3,(H,25,27)(H,28,29)/t16?,18?,21-/m0/s1. The smallest absolute Gasteiger partial charge is 0.326 e. The Morgan fingerprint density at radius 2 is 2.07 bits per heavy atom. The number of carboxylic acid groups (broad SMARTS) is 1. The fraction of sp³-hybridized carbons (Fsp3) is 0.391. The van der Waals surface area contributed by atoms with E-state index in [0.717, 1.165) is 36.3 Å². The molecular formula is C23H27N3O3S. The van der Waals surface area contributed by atoms with Crippen molar-refractivity contribution in [2.24, 2.45) is 0 Å². The molecule has 1 amide bonds. The van der Waals surface area contributed by atoms with E-state index < -0.39 is 12.0 Å². The molecule has 0 aromatic heterocycles. The summed E-state index contributed by atoms with van der Waals surface area (Å²) in [6.45, 7) is 1.96. The van der Waals surface area contributed by atoms with Gasteiger partial charge in [0.2, 0.25) is 0 Å². The topological polar surface area (TPSA) is 81.7 Å². The summed E-state index contributed by atoms with van der Waals surface area (Å²) in [7, 11) is 0. The van der Waals surface area contributed by atoms with Crippen LogP contribution in [0.1, 0.15) is 23.2 Å². The van der Waals surface area contributed by atoms with E-state index in [1.165, 1.54) is 0 Å². The van der Waals surface area contributed by atoms with Gasteiger partial charge in [0, 0.05) is 36.4 Å². The van der Waals surface area contributed by atoms with Crippen molar-refractivity contribution < 1.29 is 14.7 Å². The number of hydrogen-bond acceptors (Lipinski definition) is 5. The number of nitrogens with one attached hydrogen (secondary N) is 2. The van der Waals surface area contributed by atoms with Gasteiger partial charge in [-0.25, -0.2) is 4.79 Å². The molecule has 2 aliphatic heterocycles. The number of carboxylic acids is 1. The van der Waals surface area contributed by atoms with Gasteiger partial charge < -0.3 is 20.6 Å². The van der Waals surface area contributed by atoms with E-state index in [0.29, 0.717) is 29.8 Å². The summed E-state index contributed by atoms with van der Waals surface area (Å²) in [6.07, 6.45) is 3.47. The molecule has 2 aromatic rings. The van der Waals surface area contributed by atoms with Gasteiger partial charge >= 0.3 is 5.97 Å². The van der Waals surface area contributed by atoms with E-state index in [1.54, 1.807) is 11.8 Å². The molecule has 0 aliphatic carbocycles. The van der Waals surface area contributed by atoms with Gasteiger partial charge in [-0.1, -0.05) is 30.3 Å². The van der Waals surface area contributed by atoms with Crippen LogP contribution in [0.25, 0.3) is 11.1 Å². The Labute approximate surface area is 181 Å². The first kappa shape index (κ1) is 20.8. The Morgan fingerprint density at radius 3 is 2.70 bits per heavy atom. The summed E-state index contributed by atoms with van der Waals surface area (Å²) in [5.41, 5.74) is 3.39. The highest BCUT2D eigenvalue weighted by molar-refractivity contribution is 7.98. The van der Waals surface area contributed by atoms with Gasteiger partial charge in [-0.15, -0.1) is 0 Å². The number of carbonyl (C=O) groups is 2. The molecule has 4 rings (SSSR count). The van der Waals surface area contributed by atoms with Crippen LogP contribution in [0.15, 0.2) is 48.5 Å². The fourth-order valence-electron chi connectivity index (χ4n) is 4.37. The Kier molecular flexibility index (Phi) is 6.29. The summed E-state index contributed by atoms with van der Waals surface area (Å²) in [6, 6.07) is 15.8. The zero-order valence-corrected chi connectivity index (χ0v) is 17.8. The average Bonchev–Trinajstić information content (AvgIpc) is 3.40. The number of nitrogens with zero attached hydrogens (tertiary/aromatic N) is 1. The maximum Gasteiger partial charge on any atom is 0.326 e. The first-order valence-electron chi connectivity index (χ1n) is 10.3. The zero-order valence-electron chi connectivity index (χ0n) is 17.0. The van der Waals surface area contributed by atoms with Gasteiger partial charge in [0.15, 0.2) is 0 Å². The number of thioether (sulfide) groups is 1. The van der Waals surface area contributed by atoms with Crippen molar-refractivity contribution in [2.45, 2.75) is 31.0 Å². The monoisotopic (exact) mass is 425 g/mol. The molecule has 0 radical (unpaired) electrons. The molecule has 2 saturated heterocycles. The summed E-state index contributed by atoms with van der Waals surface area (Å²) in [5.74, 6) is -0.679. The Bertz CT molecular complexity index is 921. The molecule has 2 fully saturated rings. The van der Waals surface area contributed by atoms with Gasteiger partial charge in [-0.3, -0.25) is 4.79 Å². The largest absolute Gasteiger partial charge is 0.480 e.